The number of esters is 1. The van der Waals surface area contributed by atoms with Gasteiger partial charge in [-0.15, -0.1) is 0 Å². The summed E-state index contributed by atoms with van der Waals surface area (Å²) in [5.74, 6) is -4.37. The fourth-order valence-corrected chi connectivity index (χ4v) is 2.92. The van der Waals surface area contributed by atoms with Crippen molar-refractivity contribution in [3.05, 3.63) is 28.3 Å². The lowest BCUT2D eigenvalue weighted by atomic mass is 10.2. The van der Waals surface area contributed by atoms with Crippen molar-refractivity contribution >= 4 is 37.3 Å². The van der Waals surface area contributed by atoms with Gasteiger partial charge in [-0.1, -0.05) is 18.5 Å². The van der Waals surface area contributed by atoms with Crippen LogP contribution in [0.15, 0.2) is 11.0 Å². The van der Waals surface area contributed by atoms with Crippen LogP contribution in [-0.4, -0.2) is 21.0 Å². The van der Waals surface area contributed by atoms with E-state index in [-0.39, 0.29) is 6.61 Å². The van der Waals surface area contributed by atoms with Gasteiger partial charge in [0.1, 0.15) is 4.90 Å². The Labute approximate surface area is 117 Å². The van der Waals surface area contributed by atoms with Crippen LogP contribution in [-0.2, 0) is 13.8 Å². The van der Waals surface area contributed by atoms with E-state index in [1.54, 1.807) is 6.92 Å². The highest BCUT2D eigenvalue weighted by Crippen LogP contribution is 2.32. The minimum atomic E-state index is -4.65. The van der Waals surface area contributed by atoms with Gasteiger partial charge >= 0.3 is 5.97 Å². The van der Waals surface area contributed by atoms with Gasteiger partial charge in [-0.05, 0) is 12.5 Å². The first-order chi connectivity index (χ1) is 8.70. The third kappa shape index (κ3) is 3.55. The Hall–Kier alpha value is -0.920. The lowest BCUT2D eigenvalue weighted by Crippen LogP contribution is -2.11. The summed E-state index contributed by atoms with van der Waals surface area (Å²) in [7, 11) is 0.305. The van der Waals surface area contributed by atoms with Gasteiger partial charge in [-0.2, -0.15) is 0 Å². The molecule has 0 bridgehead atoms. The van der Waals surface area contributed by atoms with Crippen LogP contribution in [0.1, 0.15) is 23.7 Å². The maximum absolute atomic E-state index is 13.4. The predicted molar refractivity (Wildman–Crippen MR) is 65.0 cm³/mol. The first-order valence-corrected chi connectivity index (χ1v) is 7.68. The van der Waals surface area contributed by atoms with Crippen molar-refractivity contribution in [1.82, 2.24) is 0 Å². The van der Waals surface area contributed by atoms with Crippen LogP contribution in [0.5, 0.6) is 0 Å². The first-order valence-electron chi connectivity index (χ1n) is 4.99. The number of halogens is 4. The van der Waals surface area contributed by atoms with E-state index in [4.69, 9.17) is 22.3 Å². The van der Waals surface area contributed by atoms with Crippen LogP contribution >= 0.6 is 22.3 Å². The molecule has 106 valence electrons. The van der Waals surface area contributed by atoms with Gasteiger partial charge in [0.05, 0.1) is 17.2 Å². The molecule has 1 rings (SSSR count). The number of hydrogen-bond acceptors (Lipinski definition) is 4. The fraction of sp³-hybridized carbons (Fsp3) is 0.300. The Morgan fingerprint density at radius 3 is 2.47 bits per heavy atom. The van der Waals surface area contributed by atoms with Crippen LogP contribution in [0.3, 0.4) is 0 Å². The topological polar surface area (TPSA) is 60.4 Å². The zero-order chi connectivity index (χ0) is 14.8. The standard InChI is InChI=1S/C10H8Cl2F2O4S/c1-2-3-18-10(15)5-4-6(13)8(14)9(7(5)11)19(12,16)17/h4H,2-3H2,1H3. The van der Waals surface area contributed by atoms with Crippen molar-refractivity contribution in [1.29, 1.82) is 0 Å². The van der Waals surface area contributed by atoms with Crippen LogP contribution in [0.4, 0.5) is 8.78 Å². The van der Waals surface area contributed by atoms with Gasteiger partial charge in [0.25, 0.3) is 9.05 Å². The lowest BCUT2D eigenvalue weighted by molar-refractivity contribution is 0.0504. The lowest BCUT2D eigenvalue weighted by Gasteiger charge is -2.09. The average Bonchev–Trinajstić information content (AvgIpc) is 2.29. The third-order valence-corrected chi connectivity index (χ3v) is 3.86. The summed E-state index contributed by atoms with van der Waals surface area (Å²) in [6.45, 7) is 1.74. The van der Waals surface area contributed by atoms with Crippen molar-refractivity contribution in [3.63, 3.8) is 0 Å². The van der Waals surface area contributed by atoms with Crippen LogP contribution in [0, 0.1) is 11.6 Å². The molecule has 0 atom stereocenters. The molecule has 0 radical (unpaired) electrons. The van der Waals surface area contributed by atoms with Crippen molar-refractivity contribution in [3.8, 4) is 0 Å². The van der Waals surface area contributed by atoms with Crippen molar-refractivity contribution < 1.29 is 26.7 Å². The van der Waals surface area contributed by atoms with E-state index < -0.39 is 42.1 Å². The molecule has 0 unspecified atom stereocenters. The first kappa shape index (κ1) is 16.1. The van der Waals surface area contributed by atoms with Crippen molar-refractivity contribution in [2.24, 2.45) is 0 Å². The molecule has 19 heavy (non-hydrogen) atoms. The molecule has 1 aromatic carbocycles. The summed E-state index contributed by atoms with van der Waals surface area (Å²) in [6.07, 6.45) is 0.494. The van der Waals surface area contributed by atoms with Gasteiger partial charge < -0.3 is 4.74 Å². The second-order valence-corrected chi connectivity index (χ2v) is 6.32. The summed E-state index contributed by atoms with van der Waals surface area (Å²) in [6, 6.07) is 0.460. The summed E-state index contributed by atoms with van der Waals surface area (Å²) < 4.78 is 53.6. The molecule has 0 heterocycles. The minimum absolute atomic E-state index is 0.0249. The summed E-state index contributed by atoms with van der Waals surface area (Å²) in [5.41, 5.74) is -0.603. The predicted octanol–water partition coefficient (Wildman–Crippen LogP) is 3.11. The molecular formula is C10H8Cl2F2O4S. The van der Waals surface area contributed by atoms with Gasteiger partial charge in [-0.3, -0.25) is 0 Å². The van der Waals surface area contributed by atoms with E-state index in [1.807, 2.05) is 0 Å². The number of benzene rings is 1. The molecule has 1 aromatic rings. The minimum Gasteiger partial charge on any atom is -0.462 e. The highest BCUT2D eigenvalue weighted by atomic mass is 35.7. The maximum Gasteiger partial charge on any atom is 0.339 e. The van der Waals surface area contributed by atoms with Crippen molar-refractivity contribution in [2.45, 2.75) is 18.2 Å². The molecule has 4 nitrogen and oxygen atoms in total. The van der Waals surface area contributed by atoms with Crippen molar-refractivity contribution in [2.75, 3.05) is 6.61 Å². The summed E-state index contributed by atoms with van der Waals surface area (Å²) in [5, 5.41) is -0.810. The van der Waals surface area contributed by atoms with E-state index >= 15 is 0 Å². The second kappa shape index (κ2) is 6.02. The van der Waals surface area contributed by atoms with E-state index in [0.29, 0.717) is 12.5 Å². The molecule has 0 saturated carbocycles. The van der Waals surface area contributed by atoms with Crippen LogP contribution < -0.4 is 0 Å². The average molecular weight is 333 g/mol. The highest BCUT2D eigenvalue weighted by molar-refractivity contribution is 8.13. The third-order valence-electron chi connectivity index (χ3n) is 2.02. The maximum atomic E-state index is 13.4. The molecule has 0 aromatic heterocycles. The highest BCUT2D eigenvalue weighted by Gasteiger charge is 2.29. The van der Waals surface area contributed by atoms with E-state index in [1.165, 1.54) is 0 Å². The van der Waals surface area contributed by atoms with Crippen LogP contribution in [0.25, 0.3) is 0 Å². The number of rotatable bonds is 4. The van der Waals surface area contributed by atoms with Crippen LogP contribution in [0.2, 0.25) is 5.02 Å². The Morgan fingerprint density at radius 2 is 2.00 bits per heavy atom. The second-order valence-electron chi connectivity index (χ2n) is 3.44. The monoisotopic (exact) mass is 332 g/mol. The Balaban J connectivity index is 3.45. The largest absolute Gasteiger partial charge is 0.462 e. The van der Waals surface area contributed by atoms with Gasteiger partial charge in [0.2, 0.25) is 0 Å². The molecule has 0 aliphatic heterocycles. The quantitative estimate of drug-likeness (QED) is 0.483. The fourth-order valence-electron chi connectivity index (χ4n) is 1.22. The Bertz CT molecular complexity index is 616. The Morgan fingerprint density at radius 1 is 1.42 bits per heavy atom. The Kier molecular flexibility index (Phi) is 5.11. The molecular weight excluding hydrogens is 325 g/mol. The SMILES string of the molecule is CCCOC(=O)c1cc(F)c(F)c(S(=O)(=O)Cl)c1Cl. The number of carbonyl (C=O) groups excluding carboxylic acids is 1. The zero-order valence-corrected chi connectivity index (χ0v) is 11.9. The smallest absolute Gasteiger partial charge is 0.339 e. The van der Waals surface area contributed by atoms with Gasteiger partial charge in [0.15, 0.2) is 11.6 Å². The molecule has 0 spiro atoms. The number of carbonyl (C=O) groups is 1. The van der Waals surface area contributed by atoms with E-state index in [0.717, 1.165) is 0 Å². The zero-order valence-electron chi connectivity index (χ0n) is 9.54. The molecule has 0 N–H and O–H groups in total. The number of hydrogen-bond donors (Lipinski definition) is 0. The molecule has 0 fully saturated rings. The molecule has 0 aliphatic rings. The molecule has 0 amide bonds. The van der Waals surface area contributed by atoms with E-state index in [2.05, 4.69) is 4.74 Å². The number of ether oxygens (including phenoxy) is 1. The van der Waals surface area contributed by atoms with Gasteiger partial charge in [-0.25, -0.2) is 22.0 Å². The normalized spacial score (nSPS) is 11.4. The summed E-state index contributed by atoms with van der Waals surface area (Å²) >= 11 is 5.57. The molecule has 0 saturated heterocycles. The molecule has 0 aliphatic carbocycles. The van der Waals surface area contributed by atoms with E-state index in [9.17, 15) is 22.0 Å². The van der Waals surface area contributed by atoms with Gasteiger partial charge in [0, 0.05) is 10.7 Å². The summed E-state index contributed by atoms with van der Waals surface area (Å²) in [4.78, 5) is 10.3. The molecule has 9 heteroatoms.